The van der Waals surface area contributed by atoms with Crippen molar-refractivity contribution in [1.82, 2.24) is 5.32 Å². The molecule has 1 aromatic rings. The Morgan fingerprint density at radius 3 is 2.76 bits per heavy atom. The third kappa shape index (κ3) is 2.75. The molecule has 3 heteroatoms. The number of anilines is 1. The Labute approximate surface area is 110 Å². The Bertz CT molecular complexity index is 361. The summed E-state index contributed by atoms with van der Waals surface area (Å²) >= 11 is 0. The minimum absolute atomic E-state index is 0. The number of halogens is 1. The molecule has 0 unspecified atom stereocenters. The standard InChI is InChI=1S/C14H20N2.ClH/c1-2-4-14-13(3-1)7-10-16(14)11-12-5-8-15-9-6-12;/h1-4,12,15H,5-11H2;1H. The van der Waals surface area contributed by atoms with Gasteiger partial charge in [0, 0.05) is 18.8 Å². The number of nitrogens with one attached hydrogen (secondary N) is 1. The van der Waals surface area contributed by atoms with Crippen LogP contribution in [0.15, 0.2) is 24.3 Å². The molecule has 0 atom stereocenters. The van der Waals surface area contributed by atoms with E-state index in [9.17, 15) is 0 Å². The van der Waals surface area contributed by atoms with Gasteiger partial charge in [-0.05, 0) is 49.9 Å². The summed E-state index contributed by atoms with van der Waals surface area (Å²) in [6.45, 7) is 4.91. The highest BCUT2D eigenvalue weighted by molar-refractivity contribution is 5.85. The Morgan fingerprint density at radius 2 is 1.94 bits per heavy atom. The maximum Gasteiger partial charge on any atom is 0.0399 e. The van der Waals surface area contributed by atoms with Crippen LogP contribution in [0.3, 0.4) is 0 Å². The quantitative estimate of drug-likeness (QED) is 0.870. The van der Waals surface area contributed by atoms with E-state index < -0.39 is 0 Å². The van der Waals surface area contributed by atoms with Crippen LogP contribution in [0.25, 0.3) is 0 Å². The van der Waals surface area contributed by atoms with Gasteiger partial charge in [-0.2, -0.15) is 0 Å². The van der Waals surface area contributed by atoms with Gasteiger partial charge in [0.15, 0.2) is 0 Å². The van der Waals surface area contributed by atoms with Crippen molar-refractivity contribution in [3.63, 3.8) is 0 Å². The number of hydrogen-bond acceptors (Lipinski definition) is 2. The molecule has 1 aromatic carbocycles. The van der Waals surface area contributed by atoms with Gasteiger partial charge in [0.2, 0.25) is 0 Å². The zero-order valence-corrected chi connectivity index (χ0v) is 11.0. The molecule has 2 heterocycles. The minimum Gasteiger partial charge on any atom is -0.371 e. The number of piperidine rings is 1. The van der Waals surface area contributed by atoms with Gasteiger partial charge < -0.3 is 10.2 Å². The Kier molecular flexibility index (Phi) is 4.30. The van der Waals surface area contributed by atoms with Gasteiger partial charge in [0.05, 0.1) is 0 Å². The fourth-order valence-electron chi connectivity index (χ4n) is 2.97. The van der Waals surface area contributed by atoms with E-state index in [0.29, 0.717) is 0 Å². The highest BCUT2D eigenvalue weighted by Crippen LogP contribution is 2.29. The molecule has 0 amide bonds. The molecule has 1 saturated heterocycles. The smallest absolute Gasteiger partial charge is 0.0399 e. The fraction of sp³-hybridized carbons (Fsp3) is 0.571. The highest BCUT2D eigenvalue weighted by Gasteiger charge is 2.22. The summed E-state index contributed by atoms with van der Waals surface area (Å²) in [5.74, 6) is 0.896. The number of hydrogen-bond donors (Lipinski definition) is 1. The molecule has 94 valence electrons. The van der Waals surface area contributed by atoms with Crippen molar-refractivity contribution < 1.29 is 0 Å². The number of para-hydroxylation sites is 1. The van der Waals surface area contributed by atoms with Gasteiger partial charge in [-0.3, -0.25) is 0 Å². The maximum absolute atomic E-state index is 3.44. The Balaban J connectivity index is 0.00000108. The molecular weight excluding hydrogens is 232 g/mol. The van der Waals surface area contributed by atoms with Crippen molar-refractivity contribution in [2.45, 2.75) is 19.3 Å². The Hall–Kier alpha value is -0.730. The average Bonchev–Trinajstić information content (AvgIpc) is 2.74. The van der Waals surface area contributed by atoms with Crippen LogP contribution < -0.4 is 10.2 Å². The van der Waals surface area contributed by atoms with Crippen molar-refractivity contribution in [1.29, 1.82) is 0 Å². The summed E-state index contributed by atoms with van der Waals surface area (Å²) in [7, 11) is 0. The molecule has 0 bridgehead atoms. The molecule has 3 rings (SSSR count). The van der Waals surface area contributed by atoms with Crippen molar-refractivity contribution >= 4 is 18.1 Å². The first-order chi connectivity index (χ1) is 7.93. The summed E-state index contributed by atoms with van der Waals surface area (Å²) in [5.41, 5.74) is 3.03. The van der Waals surface area contributed by atoms with E-state index in [2.05, 4.69) is 34.5 Å². The van der Waals surface area contributed by atoms with Gasteiger partial charge in [-0.15, -0.1) is 12.4 Å². The van der Waals surface area contributed by atoms with Crippen molar-refractivity contribution in [2.24, 2.45) is 5.92 Å². The van der Waals surface area contributed by atoms with Crippen molar-refractivity contribution in [3.8, 4) is 0 Å². The molecule has 0 spiro atoms. The van der Waals surface area contributed by atoms with Crippen molar-refractivity contribution in [2.75, 3.05) is 31.1 Å². The van der Waals surface area contributed by atoms with E-state index >= 15 is 0 Å². The van der Waals surface area contributed by atoms with E-state index in [4.69, 9.17) is 0 Å². The number of rotatable bonds is 2. The van der Waals surface area contributed by atoms with E-state index in [-0.39, 0.29) is 12.4 Å². The lowest BCUT2D eigenvalue weighted by atomic mass is 9.97. The van der Waals surface area contributed by atoms with Gasteiger partial charge >= 0.3 is 0 Å². The highest BCUT2D eigenvalue weighted by atomic mass is 35.5. The fourth-order valence-corrected chi connectivity index (χ4v) is 2.97. The normalized spacial score (nSPS) is 19.9. The summed E-state index contributed by atoms with van der Waals surface area (Å²) in [6, 6.07) is 8.88. The summed E-state index contributed by atoms with van der Waals surface area (Å²) < 4.78 is 0. The molecule has 2 aliphatic rings. The monoisotopic (exact) mass is 252 g/mol. The molecule has 0 aromatic heterocycles. The van der Waals surface area contributed by atoms with Crippen LogP contribution in [-0.2, 0) is 6.42 Å². The number of benzene rings is 1. The van der Waals surface area contributed by atoms with E-state index in [1.807, 2.05) is 0 Å². The Morgan fingerprint density at radius 1 is 1.18 bits per heavy atom. The second kappa shape index (κ2) is 5.74. The largest absolute Gasteiger partial charge is 0.371 e. The van der Waals surface area contributed by atoms with Gasteiger partial charge in [0.25, 0.3) is 0 Å². The molecule has 1 N–H and O–H groups in total. The average molecular weight is 253 g/mol. The SMILES string of the molecule is Cl.c1ccc2c(c1)CCN2CC1CCNCC1. The number of nitrogens with zero attached hydrogens (tertiary/aromatic N) is 1. The van der Waals surface area contributed by atoms with Gasteiger partial charge in [-0.1, -0.05) is 18.2 Å². The summed E-state index contributed by atoms with van der Waals surface area (Å²) in [4.78, 5) is 2.59. The third-order valence-electron chi connectivity index (χ3n) is 3.92. The lowest BCUT2D eigenvalue weighted by Gasteiger charge is -2.29. The van der Waals surface area contributed by atoms with E-state index in [1.165, 1.54) is 56.7 Å². The summed E-state index contributed by atoms with van der Waals surface area (Å²) in [6.07, 6.45) is 3.93. The second-order valence-corrected chi connectivity index (χ2v) is 5.02. The predicted octanol–water partition coefficient (Wildman–Crippen LogP) is 2.47. The third-order valence-corrected chi connectivity index (χ3v) is 3.92. The molecule has 1 fully saturated rings. The molecule has 2 aliphatic heterocycles. The summed E-state index contributed by atoms with van der Waals surface area (Å²) in [5, 5.41) is 3.44. The van der Waals surface area contributed by atoms with Crippen LogP contribution in [0.1, 0.15) is 18.4 Å². The molecule has 0 saturated carbocycles. The first kappa shape index (κ1) is 12.7. The van der Waals surface area contributed by atoms with Crippen LogP contribution in [-0.4, -0.2) is 26.2 Å². The molecule has 0 aliphatic carbocycles. The van der Waals surface area contributed by atoms with Crippen LogP contribution in [0.4, 0.5) is 5.69 Å². The zero-order valence-electron chi connectivity index (χ0n) is 10.2. The van der Waals surface area contributed by atoms with Crippen LogP contribution in [0.2, 0.25) is 0 Å². The molecular formula is C14H21ClN2. The molecule has 17 heavy (non-hydrogen) atoms. The first-order valence-electron chi connectivity index (χ1n) is 6.47. The molecule has 2 nitrogen and oxygen atoms in total. The minimum atomic E-state index is 0. The molecule has 0 radical (unpaired) electrons. The van der Waals surface area contributed by atoms with Gasteiger partial charge in [0.1, 0.15) is 0 Å². The van der Waals surface area contributed by atoms with E-state index in [1.54, 1.807) is 0 Å². The number of fused-ring (bicyclic) bond motifs is 1. The lowest BCUT2D eigenvalue weighted by Crippen LogP contribution is -2.35. The maximum atomic E-state index is 3.44. The predicted molar refractivity (Wildman–Crippen MR) is 75.2 cm³/mol. The van der Waals surface area contributed by atoms with Crippen LogP contribution in [0.5, 0.6) is 0 Å². The first-order valence-corrected chi connectivity index (χ1v) is 6.47. The van der Waals surface area contributed by atoms with Crippen LogP contribution >= 0.6 is 12.4 Å². The van der Waals surface area contributed by atoms with Crippen molar-refractivity contribution in [3.05, 3.63) is 29.8 Å². The van der Waals surface area contributed by atoms with E-state index in [0.717, 1.165) is 5.92 Å². The topological polar surface area (TPSA) is 15.3 Å². The zero-order chi connectivity index (χ0) is 10.8. The van der Waals surface area contributed by atoms with Crippen LogP contribution in [0, 0.1) is 5.92 Å². The van der Waals surface area contributed by atoms with Gasteiger partial charge in [-0.25, -0.2) is 0 Å². The second-order valence-electron chi connectivity index (χ2n) is 5.02. The lowest BCUT2D eigenvalue weighted by molar-refractivity contribution is 0.375.